The van der Waals surface area contributed by atoms with E-state index in [1.54, 1.807) is 12.1 Å². The SMILES string of the molecule is CCCCCCCCCC(=O)CC(=O)c1cc(CCCCCCCCC)ccc1O. The molecule has 1 rings (SSSR count). The van der Waals surface area contributed by atoms with Gasteiger partial charge in [-0.2, -0.15) is 0 Å². The average Bonchev–Trinajstić information content (AvgIpc) is 2.73. The van der Waals surface area contributed by atoms with Gasteiger partial charge in [-0.3, -0.25) is 9.59 Å². The Bertz CT molecular complexity index is 606. The van der Waals surface area contributed by atoms with Gasteiger partial charge in [-0.05, 0) is 37.0 Å². The number of unbranched alkanes of at least 4 members (excludes halogenated alkanes) is 12. The molecule has 0 unspecified atom stereocenters. The highest BCUT2D eigenvalue weighted by Crippen LogP contribution is 2.22. The van der Waals surface area contributed by atoms with Gasteiger partial charge in [0.1, 0.15) is 11.5 Å². The molecule has 0 atom stereocenters. The van der Waals surface area contributed by atoms with Crippen molar-refractivity contribution in [2.45, 2.75) is 123 Å². The van der Waals surface area contributed by atoms with E-state index < -0.39 is 0 Å². The molecule has 3 nitrogen and oxygen atoms in total. The van der Waals surface area contributed by atoms with Gasteiger partial charge in [-0.15, -0.1) is 0 Å². The number of benzene rings is 1. The lowest BCUT2D eigenvalue weighted by Crippen LogP contribution is -2.09. The second kappa shape index (κ2) is 17.1. The zero-order valence-corrected chi connectivity index (χ0v) is 19.5. The number of carbonyl (C=O) groups excluding carboxylic acids is 2. The minimum absolute atomic E-state index is 0.00737. The lowest BCUT2D eigenvalue weighted by molar-refractivity contribution is -0.118. The highest BCUT2D eigenvalue weighted by atomic mass is 16.3. The van der Waals surface area contributed by atoms with Crippen LogP contribution in [0.5, 0.6) is 5.75 Å². The Kier molecular flexibility index (Phi) is 15.0. The first kappa shape index (κ1) is 26.4. The first-order valence-electron chi connectivity index (χ1n) is 12.4. The van der Waals surface area contributed by atoms with Crippen LogP contribution in [0.4, 0.5) is 0 Å². The third kappa shape index (κ3) is 12.1. The summed E-state index contributed by atoms with van der Waals surface area (Å²) in [5.41, 5.74) is 1.38. The molecule has 0 aliphatic rings. The van der Waals surface area contributed by atoms with Crippen LogP contribution in [-0.4, -0.2) is 16.7 Å². The summed E-state index contributed by atoms with van der Waals surface area (Å²) in [5.74, 6) is -0.264. The molecule has 0 aromatic heterocycles. The highest BCUT2D eigenvalue weighted by Gasteiger charge is 2.16. The van der Waals surface area contributed by atoms with Gasteiger partial charge in [-0.25, -0.2) is 0 Å². The third-order valence-corrected chi connectivity index (χ3v) is 5.85. The topological polar surface area (TPSA) is 54.4 Å². The van der Waals surface area contributed by atoms with Crippen molar-refractivity contribution < 1.29 is 14.7 Å². The van der Waals surface area contributed by atoms with Crippen LogP contribution in [0.1, 0.15) is 133 Å². The van der Waals surface area contributed by atoms with E-state index >= 15 is 0 Å². The molecule has 0 saturated heterocycles. The van der Waals surface area contributed by atoms with Gasteiger partial charge in [0.15, 0.2) is 5.78 Å². The van der Waals surface area contributed by atoms with Crippen molar-refractivity contribution in [2.75, 3.05) is 0 Å². The van der Waals surface area contributed by atoms with Crippen molar-refractivity contribution in [3.63, 3.8) is 0 Å². The average molecular weight is 417 g/mol. The summed E-state index contributed by atoms with van der Waals surface area (Å²) in [6.07, 6.45) is 18.2. The van der Waals surface area contributed by atoms with E-state index in [9.17, 15) is 14.7 Å². The largest absolute Gasteiger partial charge is 0.507 e. The van der Waals surface area contributed by atoms with Crippen LogP contribution in [0.3, 0.4) is 0 Å². The molecule has 30 heavy (non-hydrogen) atoms. The number of aromatic hydroxyl groups is 1. The maximum absolute atomic E-state index is 12.5. The van der Waals surface area contributed by atoms with Crippen molar-refractivity contribution in [3.8, 4) is 5.75 Å². The fraction of sp³-hybridized carbons (Fsp3) is 0.704. The van der Waals surface area contributed by atoms with Crippen molar-refractivity contribution in [2.24, 2.45) is 0 Å². The minimum Gasteiger partial charge on any atom is -0.507 e. The second-order valence-corrected chi connectivity index (χ2v) is 8.73. The Morgan fingerprint density at radius 2 is 1.27 bits per heavy atom. The van der Waals surface area contributed by atoms with Crippen LogP contribution < -0.4 is 0 Å². The van der Waals surface area contributed by atoms with E-state index in [0.717, 1.165) is 31.2 Å². The van der Waals surface area contributed by atoms with Gasteiger partial charge in [0, 0.05) is 6.42 Å². The summed E-state index contributed by atoms with van der Waals surface area (Å²) in [4.78, 5) is 24.7. The van der Waals surface area contributed by atoms with Crippen LogP contribution in [0, 0.1) is 0 Å². The van der Waals surface area contributed by atoms with Crippen LogP contribution >= 0.6 is 0 Å². The Labute approximate surface area is 184 Å². The summed E-state index contributed by atoms with van der Waals surface area (Å²) in [7, 11) is 0. The minimum atomic E-state index is -0.248. The molecule has 0 spiro atoms. The monoisotopic (exact) mass is 416 g/mol. The molecule has 1 aromatic carbocycles. The molecule has 0 bridgehead atoms. The van der Waals surface area contributed by atoms with Gasteiger partial charge in [0.2, 0.25) is 0 Å². The Hall–Kier alpha value is -1.64. The fourth-order valence-corrected chi connectivity index (χ4v) is 3.89. The number of phenols is 1. The quantitative estimate of drug-likeness (QED) is 0.141. The lowest BCUT2D eigenvalue weighted by Gasteiger charge is -2.08. The summed E-state index contributed by atoms with van der Waals surface area (Å²) in [6.45, 7) is 4.44. The zero-order valence-electron chi connectivity index (χ0n) is 19.5. The third-order valence-electron chi connectivity index (χ3n) is 5.85. The summed E-state index contributed by atoms with van der Waals surface area (Å²) >= 11 is 0. The molecule has 0 heterocycles. The van der Waals surface area contributed by atoms with E-state index in [2.05, 4.69) is 13.8 Å². The molecule has 0 amide bonds. The first-order valence-corrected chi connectivity index (χ1v) is 12.4. The van der Waals surface area contributed by atoms with E-state index in [4.69, 9.17) is 0 Å². The van der Waals surface area contributed by atoms with Gasteiger partial charge < -0.3 is 5.11 Å². The summed E-state index contributed by atoms with van der Waals surface area (Å²) < 4.78 is 0. The number of carbonyl (C=O) groups is 2. The van der Waals surface area contributed by atoms with E-state index in [1.807, 2.05) is 6.07 Å². The maximum atomic E-state index is 12.5. The van der Waals surface area contributed by atoms with Gasteiger partial charge in [0.25, 0.3) is 0 Å². The Morgan fingerprint density at radius 3 is 1.87 bits per heavy atom. The molecule has 1 aromatic rings. The Morgan fingerprint density at radius 1 is 0.733 bits per heavy atom. The summed E-state index contributed by atoms with van der Waals surface area (Å²) in [6, 6.07) is 5.28. The molecule has 0 radical (unpaired) electrons. The number of Topliss-reactive ketones (excluding diaryl/α,β-unsaturated/α-hetero) is 2. The van der Waals surface area contributed by atoms with Gasteiger partial charge in [0.05, 0.1) is 12.0 Å². The van der Waals surface area contributed by atoms with E-state index in [-0.39, 0.29) is 23.7 Å². The summed E-state index contributed by atoms with van der Waals surface area (Å²) in [5, 5.41) is 10.1. The van der Waals surface area contributed by atoms with Crippen LogP contribution in [0.25, 0.3) is 0 Å². The predicted molar refractivity (Wildman–Crippen MR) is 126 cm³/mol. The number of hydrogen-bond acceptors (Lipinski definition) is 3. The normalized spacial score (nSPS) is 11.0. The Balaban J connectivity index is 2.33. The lowest BCUT2D eigenvalue weighted by atomic mass is 9.97. The van der Waals surface area contributed by atoms with Crippen molar-refractivity contribution in [3.05, 3.63) is 29.3 Å². The van der Waals surface area contributed by atoms with Gasteiger partial charge >= 0.3 is 0 Å². The first-order chi connectivity index (χ1) is 14.6. The number of phenolic OH excluding ortho intramolecular Hbond substituents is 1. The zero-order chi connectivity index (χ0) is 22.0. The van der Waals surface area contributed by atoms with Crippen molar-refractivity contribution in [1.82, 2.24) is 0 Å². The number of hydrogen-bond donors (Lipinski definition) is 1. The van der Waals surface area contributed by atoms with E-state index in [0.29, 0.717) is 12.0 Å². The van der Waals surface area contributed by atoms with E-state index in [1.165, 1.54) is 70.6 Å². The standard InChI is InChI=1S/C27H44O3/c1-3-5-7-9-11-13-15-17-23-19-20-26(29)25(21-23)27(30)22-24(28)18-16-14-12-10-8-6-4-2/h19-21,29H,3-18,22H2,1-2H3. The predicted octanol–water partition coefficient (Wildman–Crippen LogP) is 7.97. The number of aryl methyl sites for hydroxylation is 1. The molecule has 0 aliphatic heterocycles. The van der Waals surface area contributed by atoms with Crippen LogP contribution in [0.2, 0.25) is 0 Å². The molecule has 0 saturated carbocycles. The number of rotatable bonds is 19. The molecule has 0 fully saturated rings. The van der Waals surface area contributed by atoms with Gasteiger partial charge in [-0.1, -0.05) is 97.0 Å². The molecular weight excluding hydrogens is 372 g/mol. The molecular formula is C27H44O3. The molecule has 0 aliphatic carbocycles. The van der Waals surface area contributed by atoms with Crippen LogP contribution in [0.15, 0.2) is 18.2 Å². The number of ketones is 2. The maximum Gasteiger partial charge on any atom is 0.173 e. The van der Waals surface area contributed by atoms with Crippen molar-refractivity contribution >= 4 is 11.6 Å². The highest BCUT2D eigenvalue weighted by molar-refractivity contribution is 6.09. The fourth-order valence-electron chi connectivity index (χ4n) is 3.89. The smallest absolute Gasteiger partial charge is 0.173 e. The van der Waals surface area contributed by atoms with Crippen molar-refractivity contribution in [1.29, 1.82) is 0 Å². The molecule has 3 heteroatoms. The van der Waals surface area contributed by atoms with Crippen LogP contribution in [-0.2, 0) is 11.2 Å². The molecule has 170 valence electrons. The molecule has 1 N–H and O–H groups in total. The second-order valence-electron chi connectivity index (χ2n) is 8.73.